The number of unbranched alkanes of at least 4 members (excludes halogenated alkanes) is 3. The predicted octanol–water partition coefficient (Wildman–Crippen LogP) is 2.58. The van der Waals surface area contributed by atoms with E-state index in [1.807, 2.05) is 32.9 Å². The lowest BCUT2D eigenvalue weighted by molar-refractivity contribution is -0.124. The van der Waals surface area contributed by atoms with Gasteiger partial charge in [-0.15, -0.1) is 0 Å². The Hall–Kier alpha value is -1.88. The summed E-state index contributed by atoms with van der Waals surface area (Å²) in [5, 5.41) is 5.55. The number of hydrogen-bond donors (Lipinski definition) is 3. The van der Waals surface area contributed by atoms with E-state index in [1.54, 1.807) is 0 Å². The Kier molecular flexibility index (Phi) is 8.33. The van der Waals surface area contributed by atoms with E-state index in [1.165, 1.54) is 5.56 Å². The maximum atomic E-state index is 12.0. The van der Waals surface area contributed by atoms with E-state index in [2.05, 4.69) is 10.6 Å². The van der Waals surface area contributed by atoms with Crippen molar-refractivity contribution in [3.8, 4) is 0 Å². The molecule has 0 saturated carbocycles. The Morgan fingerprint density at radius 1 is 0.957 bits per heavy atom. The number of anilines is 1. The first-order valence-electron chi connectivity index (χ1n) is 8.28. The van der Waals surface area contributed by atoms with Gasteiger partial charge >= 0.3 is 0 Å². The molecule has 0 radical (unpaired) electrons. The molecule has 1 aromatic carbocycles. The second kappa shape index (κ2) is 10.0. The van der Waals surface area contributed by atoms with Crippen LogP contribution in [0.2, 0.25) is 0 Å². The number of aryl methyl sites for hydroxylation is 3. The Labute approximate surface area is 139 Å². The van der Waals surface area contributed by atoms with E-state index < -0.39 is 0 Å². The molecule has 0 fully saturated rings. The van der Waals surface area contributed by atoms with Crippen LogP contribution in [0.25, 0.3) is 0 Å². The molecule has 2 amide bonds. The van der Waals surface area contributed by atoms with Gasteiger partial charge in [0.05, 0.1) is 6.54 Å². The molecule has 1 aromatic rings. The van der Waals surface area contributed by atoms with E-state index in [4.69, 9.17) is 5.73 Å². The largest absolute Gasteiger partial charge is 0.347 e. The number of hydrogen-bond acceptors (Lipinski definition) is 3. The van der Waals surface area contributed by atoms with Crippen molar-refractivity contribution in [2.24, 2.45) is 5.73 Å². The summed E-state index contributed by atoms with van der Waals surface area (Å²) in [6.07, 6.45) is 4.35. The van der Waals surface area contributed by atoms with E-state index >= 15 is 0 Å². The van der Waals surface area contributed by atoms with Crippen molar-refractivity contribution in [2.75, 3.05) is 18.4 Å². The minimum Gasteiger partial charge on any atom is -0.347 e. The second-order valence-electron chi connectivity index (χ2n) is 6.05. The minimum atomic E-state index is -0.198. The summed E-state index contributed by atoms with van der Waals surface area (Å²) < 4.78 is 0. The van der Waals surface area contributed by atoms with Gasteiger partial charge in [-0.05, 0) is 51.3 Å². The number of amides is 2. The van der Waals surface area contributed by atoms with Crippen LogP contribution in [0, 0.1) is 20.8 Å². The summed E-state index contributed by atoms with van der Waals surface area (Å²) in [7, 11) is 0. The van der Waals surface area contributed by atoms with Crippen molar-refractivity contribution in [1.82, 2.24) is 5.32 Å². The smallest absolute Gasteiger partial charge is 0.243 e. The van der Waals surface area contributed by atoms with Crippen molar-refractivity contribution in [3.05, 3.63) is 28.8 Å². The van der Waals surface area contributed by atoms with Crippen molar-refractivity contribution >= 4 is 17.5 Å². The second-order valence-corrected chi connectivity index (χ2v) is 6.05. The molecule has 128 valence electrons. The quantitative estimate of drug-likeness (QED) is 0.612. The number of benzene rings is 1. The third-order valence-electron chi connectivity index (χ3n) is 3.75. The molecule has 0 atom stereocenters. The minimum absolute atomic E-state index is 0.00832. The zero-order chi connectivity index (χ0) is 17.2. The van der Waals surface area contributed by atoms with Crippen LogP contribution in [0.3, 0.4) is 0 Å². The molecule has 0 aliphatic carbocycles. The normalized spacial score (nSPS) is 10.4. The summed E-state index contributed by atoms with van der Waals surface area (Å²) in [6, 6.07) is 4.06. The van der Waals surface area contributed by atoms with Crippen molar-refractivity contribution in [2.45, 2.75) is 52.9 Å². The summed E-state index contributed by atoms with van der Waals surface area (Å²) in [6.45, 7) is 6.67. The first kappa shape index (κ1) is 19.2. The first-order chi connectivity index (χ1) is 10.9. The Balaban J connectivity index is 2.33. The summed E-state index contributed by atoms with van der Waals surface area (Å²) >= 11 is 0. The molecule has 0 spiro atoms. The Bertz CT molecular complexity index is 518. The third-order valence-corrected chi connectivity index (χ3v) is 3.75. The molecule has 5 heteroatoms. The average Bonchev–Trinajstić information content (AvgIpc) is 2.48. The van der Waals surface area contributed by atoms with E-state index in [0.717, 1.165) is 42.5 Å². The van der Waals surface area contributed by atoms with Gasteiger partial charge in [0.2, 0.25) is 11.8 Å². The molecule has 0 aliphatic rings. The maximum absolute atomic E-state index is 12.0. The van der Waals surface area contributed by atoms with Gasteiger partial charge in [0.1, 0.15) is 0 Å². The molecule has 5 nitrogen and oxygen atoms in total. The maximum Gasteiger partial charge on any atom is 0.243 e. The van der Waals surface area contributed by atoms with Gasteiger partial charge in [0.25, 0.3) is 0 Å². The molecule has 0 unspecified atom stereocenters. The molecule has 23 heavy (non-hydrogen) atoms. The molecule has 0 saturated heterocycles. The van der Waals surface area contributed by atoms with Gasteiger partial charge in [-0.2, -0.15) is 0 Å². The highest BCUT2D eigenvalue weighted by molar-refractivity contribution is 5.95. The highest BCUT2D eigenvalue weighted by atomic mass is 16.2. The molecular weight excluding hydrogens is 290 g/mol. The van der Waals surface area contributed by atoms with E-state index in [9.17, 15) is 9.59 Å². The van der Waals surface area contributed by atoms with Crippen molar-refractivity contribution in [1.29, 1.82) is 0 Å². The number of carbonyl (C=O) groups excluding carboxylic acids is 2. The summed E-state index contributed by atoms with van der Waals surface area (Å²) in [5.74, 6) is -0.276. The molecule has 0 aromatic heterocycles. The standard InChI is InChI=1S/C18H29N3O2/c1-13-10-14(2)18(15(3)11-13)21-17(23)12-20-16(22)8-6-4-5-7-9-19/h10-11H,4-9,12,19H2,1-3H3,(H,20,22)(H,21,23). The third kappa shape index (κ3) is 7.28. The summed E-state index contributed by atoms with van der Waals surface area (Å²) in [4.78, 5) is 23.7. The molecule has 0 heterocycles. The van der Waals surface area contributed by atoms with Crippen LogP contribution in [0.1, 0.15) is 48.8 Å². The molecular formula is C18H29N3O2. The van der Waals surface area contributed by atoms with Crippen LogP contribution in [-0.4, -0.2) is 24.9 Å². The van der Waals surface area contributed by atoms with Gasteiger partial charge in [-0.1, -0.05) is 30.5 Å². The van der Waals surface area contributed by atoms with Crippen molar-refractivity contribution in [3.63, 3.8) is 0 Å². The van der Waals surface area contributed by atoms with Crippen LogP contribution < -0.4 is 16.4 Å². The van der Waals surface area contributed by atoms with E-state index in [-0.39, 0.29) is 18.4 Å². The van der Waals surface area contributed by atoms with Gasteiger partial charge in [0.15, 0.2) is 0 Å². The number of nitrogens with one attached hydrogen (secondary N) is 2. The van der Waals surface area contributed by atoms with Crippen LogP contribution >= 0.6 is 0 Å². The number of carbonyl (C=O) groups is 2. The lowest BCUT2D eigenvalue weighted by atomic mass is 10.1. The topological polar surface area (TPSA) is 84.2 Å². The predicted molar refractivity (Wildman–Crippen MR) is 94.4 cm³/mol. The van der Waals surface area contributed by atoms with Crippen LogP contribution in [0.15, 0.2) is 12.1 Å². The molecule has 0 aliphatic heterocycles. The van der Waals surface area contributed by atoms with Crippen LogP contribution in [0.4, 0.5) is 5.69 Å². The zero-order valence-electron chi connectivity index (χ0n) is 14.5. The first-order valence-corrected chi connectivity index (χ1v) is 8.28. The van der Waals surface area contributed by atoms with Crippen molar-refractivity contribution < 1.29 is 9.59 Å². The lowest BCUT2D eigenvalue weighted by Gasteiger charge is -2.13. The van der Waals surface area contributed by atoms with E-state index in [0.29, 0.717) is 13.0 Å². The Morgan fingerprint density at radius 3 is 2.17 bits per heavy atom. The van der Waals surface area contributed by atoms with Gasteiger partial charge in [-0.25, -0.2) is 0 Å². The van der Waals surface area contributed by atoms with Crippen LogP contribution in [0.5, 0.6) is 0 Å². The number of rotatable bonds is 9. The molecule has 4 N–H and O–H groups in total. The monoisotopic (exact) mass is 319 g/mol. The lowest BCUT2D eigenvalue weighted by Crippen LogP contribution is -2.33. The summed E-state index contributed by atoms with van der Waals surface area (Å²) in [5.41, 5.74) is 9.48. The Morgan fingerprint density at radius 2 is 1.57 bits per heavy atom. The fourth-order valence-electron chi connectivity index (χ4n) is 2.61. The highest BCUT2D eigenvalue weighted by Gasteiger charge is 2.09. The van der Waals surface area contributed by atoms with Gasteiger partial charge < -0.3 is 16.4 Å². The fraction of sp³-hybridized carbons (Fsp3) is 0.556. The van der Waals surface area contributed by atoms with Gasteiger partial charge in [-0.3, -0.25) is 9.59 Å². The zero-order valence-corrected chi connectivity index (χ0v) is 14.5. The fourth-order valence-corrected chi connectivity index (χ4v) is 2.61. The van der Waals surface area contributed by atoms with Crippen LogP contribution in [-0.2, 0) is 9.59 Å². The average molecular weight is 319 g/mol. The molecule has 0 bridgehead atoms. The number of nitrogens with two attached hydrogens (primary N) is 1. The molecule has 1 rings (SSSR count). The SMILES string of the molecule is Cc1cc(C)c(NC(=O)CNC(=O)CCCCCCN)c(C)c1. The highest BCUT2D eigenvalue weighted by Crippen LogP contribution is 2.21. The van der Waals surface area contributed by atoms with Gasteiger partial charge in [0, 0.05) is 12.1 Å².